The number of rotatable bonds is 0. The average molecular weight is 102 g/mol. The number of aliphatic hydroxyl groups excluding tert-OH is 1. The molecule has 0 aromatic rings. The van der Waals surface area contributed by atoms with Crippen LogP contribution in [-0.4, -0.2) is 5.11 Å². The molecule has 0 heterocycles. The first kappa shape index (κ1) is 9.22. The fourth-order valence-electron chi connectivity index (χ4n) is 0. The Balaban J connectivity index is 0. The minimum atomic E-state index is 0. The van der Waals surface area contributed by atoms with E-state index in [-0.39, 0.29) is 16.5 Å². The second kappa shape index (κ2) is 14.4. The van der Waals surface area contributed by atoms with Crippen LogP contribution in [0.2, 0.25) is 0 Å². The van der Waals surface area contributed by atoms with Crippen molar-refractivity contribution in [2.75, 3.05) is 0 Å². The van der Waals surface area contributed by atoms with Crippen LogP contribution in [-0.2, 0) is 16.5 Å². The Labute approximate surface area is 34.0 Å². The van der Waals surface area contributed by atoms with Gasteiger partial charge in [-0.3, -0.25) is 0 Å². The third-order valence-corrected chi connectivity index (χ3v) is 0. The predicted octanol–water partition coefficient (Wildman–Crippen LogP) is -0.163. The van der Waals surface area contributed by atoms with E-state index >= 15 is 0 Å². The summed E-state index contributed by atoms with van der Waals surface area (Å²) < 4.78 is 0. The quantitative estimate of drug-likeness (QED) is 0.341. The molecule has 0 atom stereocenters. The molecule has 0 radical (unpaired) electrons. The van der Waals surface area contributed by atoms with Crippen molar-refractivity contribution in [3.63, 3.8) is 0 Å². The zero-order chi connectivity index (χ0) is 2.71. The fraction of sp³-hybridized carbons (Fsp3) is 0. The monoisotopic (exact) mass is 101 g/mol. The molecule has 0 aromatic carbocycles. The van der Waals surface area contributed by atoms with Crippen molar-refractivity contribution in [1.29, 1.82) is 5.26 Å². The fourth-order valence-corrected chi connectivity index (χ4v) is 0. The molecule has 0 amide bonds. The van der Waals surface area contributed by atoms with Crippen LogP contribution in [0.1, 0.15) is 0 Å². The van der Waals surface area contributed by atoms with Crippen molar-refractivity contribution >= 4 is 0 Å². The Morgan fingerprint density at radius 1 is 1.75 bits per heavy atom. The van der Waals surface area contributed by atoms with E-state index in [9.17, 15) is 0 Å². The smallest absolute Gasteiger partial charge is 0.283 e. The second-order valence-corrected chi connectivity index (χ2v) is 0.100. The summed E-state index contributed by atoms with van der Waals surface area (Å²) in [5.74, 6) is 0. The second-order valence-electron chi connectivity index (χ2n) is 0.100. The van der Waals surface area contributed by atoms with Gasteiger partial charge in [0.15, 0.2) is 0 Å². The van der Waals surface area contributed by atoms with Crippen molar-refractivity contribution in [2.24, 2.45) is 0 Å². The molecule has 1 N–H and O–H groups in total. The van der Waals surface area contributed by atoms with Crippen molar-refractivity contribution in [2.45, 2.75) is 0 Å². The van der Waals surface area contributed by atoms with Crippen LogP contribution < -0.4 is 0 Å². The van der Waals surface area contributed by atoms with Crippen LogP contribution in [0.3, 0.4) is 0 Å². The average Bonchev–Trinajstić information content (AvgIpc) is 0.918. The zero-order valence-corrected chi connectivity index (χ0v) is 2.70. The van der Waals surface area contributed by atoms with E-state index in [1.807, 2.05) is 0 Å². The van der Waals surface area contributed by atoms with Gasteiger partial charge in [-0.15, -0.1) is 0 Å². The topological polar surface area (TPSA) is 44.0 Å². The van der Waals surface area contributed by atoms with Gasteiger partial charge in [0.05, 0.1) is 0 Å². The van der Waals surface area contributed by atoms with Crippen LogP contribution in [0.25, 0.3) is 0 Å². The molecule has 0 aliphatic heterocycles. The maximum Gasteiger partial charge on any atom is 0.283 e. The minimum Gasteiger partial charge on any atom is -0.443 e. The van der Waals surface area contributed by atoms with E-state index in [0.717, 1.165) is 6.26 Å². The number of nitriles is 1. The molecule has 0 aromatic heterocycles. The number of aliphatic hydroxyl groups is 1. The molecule has 0 fully saturated rings. The van der Waals surface area contributed by atoms with E-state index in [0.29, 0.717) is 0 Å². The molecule has 0 spiro atoms. The van der Waals surface area contributed by atoms with Crippen molar-refractivity contribution in [3.05, 3.63) is 0 Å². The van der Waals surface area contributed by atoms with Crippen LogP contribution in [0, 0.1) is 11.5 Å². The molecule has 0 aliphatic rings. The van der Waals surface area contributed by atoms with Crippen molar-refractivity contribution in [1.82, 2.24) is 0 Å². The van der Waals surface area contributed by atoms with Crippen LogP contribution in [0.4, 0.5) is 0 Å². The van der Waals surface area contributed by atoms with E-state index < -0.39 is 0 Å². The Morgan fingerprint density at radius 3 is 1.75 bits per heavy atom. The molecule has 0 saturated carbocycles. The summed E-state index contributed by atoms with van der Waals surface area (Å²) in [7, 11) is 0. The van der Waals surface area contributed by atoms with Gasteiger partial charge in [0.2, 0.25) is 0 Å². The summed E-state index contributed by atoms with van der Waals surface area (Å²) in [6.07, 6.45) is 0.750. The molecule has 0 rings (SSSR count). The first-order valence-corrected chi connectivity index (χ1v) is 0.447. The van der Waals surface area contributed by atoms with Gasteiger partial charge in [-0.25, -0.2) is 0 Å². The molecule has 0 saturated heterocycles. The number of hydrogen-bond donors (Lipinski definition) is 1. The van der Waals surface area contributed by atoms with Gasteiger partial charge in [0, 0.05) is 16.5 Å². The van der Waals surface area contributed by atoms with Crippen molar-refractivity contribution < 1.29 is 21.6 Å². The Kier molecular flexibility index (Phi) is 33.2. The number of hydrogen-bond acceptors (Lipinski definition) is 2. The summed E-state index contributed by atoms with van der Waals surface area (Å²) in [4.78, 5) is 0. The summed E-state index contributed by atoms with van der Waals surface area (Å²) >= 11 is 0. The van der Waals surface area contributed by atoms with Gasteiger partial charge < -0.3 is 5.11 Å². The molecule has 2 nitrogen and oxygen atoms in total. The van der Waals surface area contributed by atoms with Crippen LogP contribution in [0.15, 0.2) is 0 Å². The van der Waals surface area contributed by atoms with Crippen LogP contribution in [0.5, 0.6) is 0 Å². The Bertz CT molecular complexity index is 29.5. The zero-order valence-electron chi connectivity index (χ0n) is 1.71. The van der Waals surface area contributed by atoms with E-state index in [4.69, 9.17) is 10.4 Å². The van der Waals surface area contributed by atoms with Gasteiger partial charge in [-0.1, -0.05) is 0 Å². The molecule has 0 bridgehead atoms. The maximum atomic E-state index is 6.88. The van der Waals surface area contributed by atoms with Gasteiger partial charge in [0.25, 0.3) is 6.26 Å². The van der Waals surface area contributed by atoms with Gasteiger partial charge >= 0.3 is 0 Å². The van der Waals surface area contributed by atoms with E-state index in [2.05, 4.69) is 0 Å². The van der Waals surface area contributed by atoms with E-state index in [1.165, 1.54) is 0 Å². The summed E-state index contributed by atoms with van der Waals surface area (Å²) in [6, 6.07) is 0. The Hall–Kier alpha value is -0.216. The molecule has 0 unspecified atom stereocenters. The minimum absolute atomic E-state index is 0. The molecule has 4 heavy (non-hydrogen) atoms. The third kappa shape index (κ3) is 23.4. The summed E-state index contributed by atoms with van der Waals surface area (Å²) in [5, 5.41) is 13.8. The molecular weight excluding hydrogens is 101 g/mol. The molecule has 26 valence electrons. The third-order valence-electron chi connectivity index (χ3n) is 0. The first-order chi connectivity index (χ1) is 1.41. The van der Waals surface area contributed by atoms with Gasteiger partial charge in [0.1, 0.15) is 0 Å². The molecule has 3 heteroatoms. The van der Waals surface area contributed by atoms with Crippen molar-refractivity contribution in [3.8, 4) is 6.26 Å². The largest absolute Gasteiger partial charge is 0.443 e. The Morgan fingerprint density at radius 2 is 1.75 bits per heavy atom. The maximum absolute atomic E-state index is 6.88. The number of nitrogens with zero attached hydrogens (tertiary/aromatic N) is 1. The van der Waals surface area contributed by atoms with E-state index in [1.54, 1.807) is 0 Å². The molecular formula is CHNNiO. The summed E-state index contributed by atoms with van der Waals surface area (Å²) in [5.41, 5.74) is 0. The predicted molar refractivity (Wildman–Crippen MR) is 7.55 cm³/mol. The SMILES string of the molecule is N#CO.[Ni]. The van der Waals surface area contributed by atoms with Gasteiger partial charge in [-0.2, -0.15) is 5.26 Å². The molecule has 0 aliphatic carbocycles. The van der Waals surface area contributed by atoms with Crippen LogP contribution >= 0.6 is 0 Å². The van der Waals surface area contributed by atoms with Gasteiger partial charge in [-0.05, 0) is 0 Å². The summed E-state index contributed by atoms with van der Waals surface area (Å²) in [6.45, 7) is 0. The normalized spacial score (nSPS) is 1.75. The first-order valence-electron chi connectivity index (χ1n) is 0.447. The standard InChI is InChI=1S/CHNO.Ni/c2-1-3;/h3H;.